The van der Waals surface area contributed by atoms with Gasteiger partial charge in [0.15, 0.2) is 4.34 Å². The van der Waals surface area contributed by atoms with E-state index < -0.39 is 4.92 Å². The summed E-state index contributed by atoms with van der Waals surface area (Å²) in [6.07, 6.45) is 0. The molecule has 0 radical (unpaired) electrons. The normalized spacial score (nSPS) is 11.5. The number of nitro benzene ring substituents is 1. The third-order valence-electron chi connectivity index (χ3n) is 5.00. The minimum atomic E-state index is -0.429. The van der Waals surface area contributed by atoms with Crippen molar-refractivity contribution in [2.24, 2.45) is 5.10 Å². The molecule has 0 fully saturated rings. The Labute approximate surface area is 198 Å². The number of nitrogens with one attached hydrogen (secondary N) is 1. The highest BCUT2D eigenvalue weighted by molar-refractivity contribution is 8.00. The van der Waals surface area contributed by atoms with Gasteiger partial charge < -0.3 is 0 Å². The van der Waals surface area contributed by atoms with Gasteiger partial charge in [-0.15, -0.1) is 11.3 Å². The number of hydrazone groups is 1. The van der Waals surface area contributed by atoms with Gasteiger partial charge >= 0.3 is 0 Å². The fourth-order valence-corrected chi connectivity index (χ4v) is 5.13. The van der Waals surface area contributed by atoms with Crippen LogP contribution in [0.2, 0.25) is 0 Å². The molecule has 4 aromatic rings. The van der Waals surface area contributed by atoms with E-state index in [9.17, 15) is 14.9 Å². The number of rotatable bonds is 7. The van der Waals surface area contributed by atoms with Gasteiger partial charge in [0.2, 0.25) is 0 Å². The first kappa shape index (κ1) is 22.6. The molecule has 9 heteroatoms. The number of thiazole rings is 1. The Morgan fingerprint density at radius 1 is 1.12 bits per heavy atom. The Hall–Kier alpha value is -3.56. The molecule has 0 aliphatic heterocycles. The molecule has 0 unspecified atom stereocenters. The van der Waals surface area contributed by atoms with Gasteiger partial charge in [-0.3, -0.25) is 14.9 Å². The summed E-state index contributed by atoms with van der Waals surface area (Å²) < 4.78 is 2.18. The number of nitro groups is 1. The Bertz CT molecular complexity index is 1330. The number of para-hydroxylation sites is 1. The van der Waals surface area contributed by atoms with Crippen molar-refractivity contribution in [3.63, 3.8) is 0 Å². The maximum absolute atomic E-state index is 12.5. The molecule has 0 saturated carbocycles. The van der Waals surface area contributed by atoms with Crippen LogP contribution in [0.4, 0.5) is 5.69 Å². The van der Waals surface area contributed by atoms with E-state index in [-0.39, 0.29) is 11.6 Å². The van der Waals surface area contributed by atoms with E-state index in [1.807, 2.05) is 30.3 Å². The lowest BCUT2D eigenvalue weighted by atomic mass is 10.1. The number of carbonyl (C=O) groups excluding carboxylic acids is 1. The smallest absolute Gasteiger partial charge is 0.267 e. The molecule has 0 spiro atoms. The number of carbonyl (C=O) groups is 1. The summed E-state index contributed by atoms with van der Waals surface area (Å²) in [4.78, 5) is 27.8. The fourth-order valence-electron chi connectivity index (χ4n) is 3.11. The molecule has 0 saturated heterocycles. The number of benzene rings is 3. The number of fused-ring (bicyclic) bond motifs is 1. The Morgan fingerprint density at radius 2 is 1.85 bits per heavy atom. The predicted octanol–water partition coefficient (Wildman–Crippen LogP) is 5.96. The SMILES string of the molecule is C/C(=N\NC(=O)c1ccc(CSc2nc3ccccc3s2)cc1)c1ccc(C)c([N+](=O)[O-])c1. The van der Waals surface area contributed by atoms with E-state index in [1.165, 1.54) is 10.8 Å². The number of nitrogens with zero attached hydrogens (tertiary/aromatic N) is 3. The number of amides is 1. The molecule has 1 aromatic heterocycles. The van der Waals surface area contributed by atoms with E-state index in [0.29, 0.717) is 22.4 Å². The molecule has 0 atom stereocenters. The van der Waals surface area contributed by atoms with Crippen LogP contribution < -0.4 is 5.43 Å². The monoisotopic (exact) mass is 476 g/mol. The lowest BCUT2D eigenvalue weighted by molar-refractivity contribution is -0.385. The zero-order valence-electron chi connectivity index (χ0n) is 17.9. The van der Waals surface area contributed by atoms with Gasteiger partial charge in [-0.2, -0.15) is 5.10 Å². The quantitative estimate of drug-likeness (QED) is 0.154. The second kappa shape index (κ2) is 9.93. The minimum Gasteiger partial charge on any atom is -0.267 e. The summed E-state index contributed by atoms with van der Waals surface area (Å²) in [6, 6.07) is 20.3. The van der Waals surface area contributed by atoms with Crippen molar-refractivity contribution in [1.82, 2.24) is 10.4 Å². The third kappa shape index (κ3) is 5.44. The van der Waals surface area contributed by atoms with Crippen molar-refractivity contribution < 1.29 is 9.72 Å². The number of aryl methyl sites for hydroxylation is 1. The highest BCUT2D eigenvalue weighted by Crippen LogP contribution is 2.31. The average Bonchev–Trinajstić information content (AvgIpc) is 3.24. The van der Waals surface area contributed by atoms with E-state index >= 15 is 0 Å². The topological polar surface area (TPSA) is 97.5 Å². The van der Waals surface area contributed by atoms with Gasteiger partial charge in [-0.05, 0) is 43.7 Å². The van der Waals surface area contributed by atoms with Gasteiger partial charge in [-0.1, -0.05) is 48.2 Å². The lowest BCUT2D eigenvalue weighted by Crippen LogP contribution is -2.19. The van der Waals surface area contributed by atoms with Gasteiger partial charge in [0.25, 0.3) is 11.6 Å². The molecule has 3 aromatic carbocycles. The number of hydrogen-bond acceptors (Lipinski definition) is 7. The summed E-state index contributed by atoms with van der Waals surface area (Å²) in [5, 5.41) is 15.2. The van der Waals surface area contributed by atoms with Gasteiger partial charge in [0, 0.05) is 28.5 Å². The van der Waals surface area contributed by atoms with E-state index in [1.54, 1.807) is 61.2 Å². The number of hydrogen-bond donors (Lipinski definition) is 1. The number of aromatic nitrogens is 1. The molecule has 0 aliphatic rings. The maximum Gasteiger partial charge on any atom is 0.272 e. The predicted molar refractivity (Wildman–Crippen MR) is 133 cm³/mol. The Kier molecular flexibility index (Phi) is 6.81. The van der Waals surface area contributed by atoms with Crippen LogP contribution in [0.3, 0.4) is 0 Å². The first-order valence-corrected chi connectivity index (χ1v) is 11.9. The van der Waals surface area contributed by atoms with Crippen LogP contribution in [0.15, 0.2) is 76.2 Å². The van der Waals surface area contributed by atoms with Crippen molar-refractivity contribution in [2.45, 2.75) is 23.9 Å². The molecule has 1 N–H and O–H groups in total. The van der Waals surface area contributed by atoms with Crippen molar-refractivity contribution in [3.8, 4) is 0 Å². The summed E-state index contributed by atoms with van der Waals surface area (Å²) in [5.74, 6) is 0.409. The molecule has 1 heterocycles. The largest absolute Gasteiger partial charge is 0.272 e. The Morgan fingerprint density at radius 3 is 2.58 bits per heavy atom. The van der Waals surface area contributed by atoms with E-state index in [0.717, 1.165) is 21.2 Å². The highest BCUT2D eigenvalue weighted by atomic mass is 32.2. The lowest BCUT2D eigenvalue weighted by Gasteiger charge is -2.05. The minimum absolute atomic E-state index is 0.0210. The summed E-state index contributed by atoms with van der Waals surface area (Å²) in [6.45, 7) is 3.37. The molecule has 0 bridgehead atoms. The molecule has 4 rings (SSSR count). The second-order valence-corrected chi connectivity index (χ2v) is 9.58. The van der Waals surface area contributed by atoms with Crippen LogP contribution in [0, 0.1) is 17.0 Å². The van der Waals surface area contributed by atoms with Crippen LogP contribution in [-0.2, 0) is 5.75 Å². The first-order chi connectivity index (χ1) is 15.9. The second-order valence-electron chi connectivity index (χ2n) is 7.33. The standard InChI is InChI=1S/C24H20N4O3S2/c1-15-7-10-19(13-21(15)28(30)31)16(2)26-27-23(29)18-11-8-17(9-12-18)14-32-24-25-20-5-3-4-6-22(20)33-24/h3-13H,14H2,1-2H3,(H,27,29)/b26-16+. The van der Waals surface area contributed by atoms with E-state index in [4.69, 9.17) is 0 Å². The van der Waals surface area contributed by atoms with Crippen LogP contribution in [0.1, 0.15) is 34.0 Å². The molecular formula is C24H20N4O3S2. The molecule has 7 nitrogen and oxygen atoms in total. The number of thioether (sulfide) groups is 1. The first-order valence-electron chi connectivity index (χ1n) is 10.1. The van der Waals surface area contributed by atoms with Crippen LogP contribution in [0.5, 0.6) is 0 Å². The van der Waals surface area contributed by atoms with Crippen LogP contribution in [-0.4, -0.2) is 21.5 Å². The van der Waals surface area contributed by atoms with Crippen molar-refractivity contribution >= 4 is 50.6 Å². The highest BCUT2D eigenvalue weighted by Gasteiger charge is 2.13. The summed E-state index contributed by atoms with van der Waals surface area (Å²) in [7, 11) is 0. The zero-order valence-corrected chi connectivity index (χ0v) is 19.6. The zero-order chi connectivity index (χ0) is 23.4. The van der Waals surface area contributed by atoms with Crippen molar-refractivity contribution in [2.75, 3.05) is 0 Å². The molecule has 33 heavy (non-hydrogen) atoms. The van der Waals surface area contributed by atoms with Crippen LogP contribution >= 0.6 is 23.1 Å². The average molecular weight is 477 g/mol. The molecular weight excluding hydrogens is 456 g/mol. The van der Waals surface area contributed by atoms with Gasteiger partial charge in [0.05, 0.1) is 20.9 Å². The van der Waals surface area contributed by atoms with Crippen molar-refractivity contribution in [1.29, 1.82) is 0 Å². The summed E-state index contributed by atoms with van der Waals surface area (Å²) in [5.41, 5.74) is 6.75. The van der Waals surface area contributed by atoms with Gasteiger partial charge in [-0.25, -0.2) is 10.4 Å². The Balaban J connectivity index is 1.36. The van der Waals surface area contributed by atoms with E-state index in [2.05, 4.69) is 21.6 Å². The van der Waals surface area contributed by atoms with Crippen molar-refractivity contribution in [3.05, 3.63) is 99.1 Å². The molecule has 1 amide bonds. The van der Waals surface area contributed by atoms with Crippen LogP contribution in [0.25, 0.3) is 10.2 Å². The molecule has 0 aliphatic carbocycles. The third-order valence-corrected chi connectivity index (χ3v) is 7.25. The fraction of sp³-hybridized carbons (Fsp3) is 0.125. The summed E-state index contributed by atoms with van der Waals surface area (Å²) >= 11 is 3.34. The molecule has 166 valence electrons. The van der Waals surface area contributed by atoms with Gasteiger partial charge in [0.1, 0.15) is 0 Å². The maximum atomic E-state index is 12.5.